The van der Waals surface area contributed by atoms with Gasteiger partial charge in [0.25, 0.3) is 0 Å². The van der Waals surface area contributed by atoms with E-state index >= 15 is 0 Å². The van der Waals surface area contributed by atoms with Gasteiger partial charge in [-0.3, -0.25) is 0 Å². The average molecular weight is 273 g/mol. The molecule has 5 nitrogen and oxygen atoms in total. The molecule has 1 saturated heterocycles. The summed E-state index contributed by atoms with van der Waals surface area (Å²) in [6, 6.07) is 5.37. The molecule has 0 bridgehead atoms. The number of hydrogen-bond acceptors (Lipinski definition) is 4. The largest absolute Gasteiger partial charge is 0.352 e. The standard InChI is InChI=1S/C15H23N5/c1-11(2)16-9-13-5-4-6-19(13)15-8-12(3)7-14-17-10-18-20(14)15/h7-8,10-11,13,16H,4-6,9H2,1-3H3. The molecule has 1 unspecified atom stereocenters. The maximum absolute atomic E-state index is 4.38. The van der Waals surface area contributed by atoms with Crippen LogP contribution in [0, 0.1) is 6.92 Å². The fourth-order valence-electron chi connectivity index (χ4n) is 2.96. The van der Waals surface area contributed by atoms with Crippen molar-refractivity contribution >= 4 is 11.5 Å². The highest BCUT2D eigenvalue weighted by atomic mass is 15.4. The van der Waals surface area contributed by atoms with Crippen LogP contribution >= 0.6 is 0 Å². The number of nitrogens with one attached hydrogen (secondary N) is 1. The molecule has 0 radical (unpaired) electrons. The molecule has 3 rings (SSSR count). The molecule has 0 aromatic carbocycles. The second kappa shape index (κ2) is 5.40. The fraction of sp³-hybridized carbons (Fsp3) is 0.600. The second-order valence-electron chi connectivity index (χ2n) is 5.97. The van der Waals surface area contributed by atoms with Gasteiger partial charge in [0.2, 0.25) is 0 Å². The van der Waals surface area contributed by atoms with Gasteiger partial charge in [-0.1, -0.05) is 13.8 Å². The first-order chi connectivity index (χ1) is 9.65. The van der Waals surface area contributed by atoms with Gasteiger partial charge in [0.15, 0.2) is 5.65 Å². The number of anilines is 1. The molecule has 1 atom stereocenters. The normalized spacial score (nSPS) is 19.4. The lowest BCUT2D eigenvalue weighted by Gasteiger charge is -2.28. The van der Waals surface area contributed by atoms with Crippen molar-refractivity contribution in [3.05, 3.63) is 24.0 Å². The first kappa shape index (κ1) is 13.4. The van der Waals surface area contributed by atoms with Gasteiger partial charge in [-0.15, -0.1) is 0 Å². The number of aryl methyl sites for hydroxylation is 1. The molecular formula is C15H23N5. The Hall–Kier alpha value is -1.62. The first-order valence-corrected chi connectivity index (χ1v) is 7.45. The average Bonchev–Trinajstić information content (AvgIpc) is 3.03. The topological polar surface area (TPSA) is 45.5 Å². The van der Waals surface area contributed by atoms with E-state index in [4.69, 9.17) is 0 Å². The zero-order valence-electron chi connectivity index (χ0n) is 12.5. The van der Waals surface area contributed by atoms with Gasteiger partial charge in [0.05, 0.1) is 0 Å². The quantitative estimate of drug-likeness (QED) is 0.925. The number of fused-ring (bicyclic) bond motifs is 1. The van der Waals surface area contributed by atoms with Crippen LogP contribution in [0.15, 0.2) is 18.5 Å². The van der Waals surface area contributed by atoms with Crippen LogP contribution in [0.5, 0.6) is 0 Å². The third-order valence-electron chi connectivity index (χ3n) is 3.94. The van der Waals surface area contributed by atoms with E-state index in [1.165, 1.54) is 24.2 Å². The van der Waals surface area contributed by atoms with Gasteiger partial charge in [-0.05, 0) is 37.5 Å². The van der Waals surface area contributed by atoms with Crippen LogP contribution in [0.2, 0.25) is 0 Å². The summed E-state index contributed by atoms with van der Waals surface area (Å²) in [4.78, 5) is 6.80. The van der Waals surface area contributed by atoms with Crippen molar-refractivity contribution in [1.29, 1.82) is 0 Å². The second-order valence-corrected chi connectivity index (χ2v) is 5.97. The Labute approximate surface area is 120 Å². The summed E-state index contributed by atoms with van der Waals surface area (Å²) in [5.41, 5.74) is 2.17. The van der Waals surface area contributed by atoms with E-state index in [2.05, 4.69) is 53.2 Å². The van der Waals surface area contributed by atoms with Crippen LogP contribution in [0.25, 0.3) is 5.65 Å². The van der Waals surface area contributed by atoms with Crippen molar-refractivity contribution in [1.82, 2.24) is 19.9 Å². The first-order valence-electron chi connectivity index (χ1n) is 7.45. The van der Waals surface area contributed by atoms with Crippen LogP contribution in [0.1, 0.15) is 32.3 Å². The van der Waals surface area contributed by atoms with Crippen molar-refractivity contribution in [2.75, 3.05) is 18.0 Å². The van der Waals surface area contributed by atoms with Crippen LogP contribution in [-0.2, 0) is 0 Å². The molecule has 2 aromatic rings. The minimum absolute atomic E-state index is 0.529. The highest BCUT2D eigenvalue weighted by Gasteiger charge is 2.26. The highest BCUT2D eigenvalue weighted by molar-refractivity contribution is 5.54. The maximum atomic E-state index is 4.38. The van der Waals surface area contributed by atoms with E-state index in [0.717, 1.165) is 18.7 Å². The minimum Gasteiger partial charge on any atom is -0.352 e. The van der Waals surface area contributed by atoms with E-state index in [9.17, 15) is 0 Å². The van der Waals surface area contributed by atoms with Gasteiger partial charge < -0.3 is 10.2 Å². The molecular weight excluding hydrogens is 250 g/mol. The van der Waals surface area contributed by atoms with Gasteiger partial charge in [-0.2, -0.15) is 9.61 Å². The van der Waals surface area contributed by atoms with E-state index in [1.54, 1.807) is 6.33 Å². The molecule has 108 valence electrons. The van der Waals surface area contributed by atoms with Gasteiger partial charge in [-0.25, -0.2) is 4.98 Å². The van der Waals surface area contributed by atoms with Gasteiger partial charge in [0, 0.05) is 25.2 Å². The zero-order valence-corrected chi connectivity index (χ0v) is 12.5. The SMILES string of the molecule is Cc1cc(N2CCCC2CNC(C)C)n2ncnc2c1. The summed E-state index contributed by atoms with van der Waals surface area (Å²) >= 11 is 0. The number of pyridine rings is 1. The lowest BCUT2D eigenvalue weighted by Crippen LogP contribution is -2.41. The third kappa shape index (κ3) is 2.50. The number of rotatable bonds is 4. The zero-order chi connectivity index (χ0) is 14.1. The summed E-state index contributed by atoms with van der Waals surface area (Å²) in [5.74, 6) is 1.17. The van der Waals surface area contributed by atoms with Crippen LogP contribution in [0.4, 0.5) is 5.82 Å². The smallest absolute Gasteiger partial charge is 0.157 e. The molecule has 2 aromatic heterocycles. The molecule has 0 amide bonds. The van der Waals surface area contributed by atoms with Crippen LogP contribution in [-0.4, -0.2) is 39.8 Å². The molecule has 3 heterocycles. The van der Waals surface area contributed by atoms with Crippen molar-refractivity contribution < 1.29 is 0 Å². The Morgan fingerprint density at radius 2 is 2.25 bits per heavy atom. The Balaban J connectivity index is 1.91. The fourth-order valence-corrected chi connectivity index (χ4v) is 2.96. The monoisotopic (exact) mass is 273 g/mol. The molecule has 0 spiro atoms. The van der Waals surface area contributed by atoms with E-state index < -0.39 is 0 Å². The predicted molar refractivity (Wildman–Crippen MR) is 81.2 cm³/mol. The number of aromatic nitrogens is 3. The molecule has 0 saturated carbocycles. The third-order valence-corrected chi connectivity index (χ3v) is 3.94. The molecule has 0 aliphatic carbocycles. The van der Waals surface area contributed by atoms with Crippen molar-refractivity contribution in [3.63, 3.8) is 0 Å². The van der Waals surface area contributed by atoms with E-state index in [0.29, 0.717) is 12.1 Å². The Kier molecular flexibility index (Phi) is 3.61. The summed E-state index contributed by atoms with van der Waals surface area (Å²) in [5, 5.41) is 7.93. The highest BCUT2D eigenvalue weighted by Crippen LogP contribution is 2.26. The molecule has 5 heteroatoms. The molecule has 1 aliphatic rings. The summed E-state index contributed by atoms with van der Waals surface area (Å²) < 4.78 is 1.96. The van der Waals surface area contributed by atoms with Crippen molar-refractivity contribution in [3.8, 4) is 0 Å². The number of hydrogen-bond donors (Lipinski definition) is 1. The summed E-state index contributed by atoms with van der Waals surface area (Å²) in [6.07, 6.45) is 4.12. The van der Waals surface area contributed by atoms with E-state index in [1.807, 2.05) is 4.52 Å². The molecule has 20 heavy (non-hydrogen) atoms. The Morgan fingerprint density at radius 3 is 3.05 bits per heavy atom. The summed E-state index contributed by atoms with van der Waals surface area (Å²) in [6.45, 7) is 8.64. The lowest BCUT2D eigenvalue weighted by atomic mass is 10.2. The maximum Gasteiger partial charge on any atom is 0.157 e. The van der Waals surface area contributed by atoms with Crippen molar-refractivity contribution in [2.24, 2.45) is 0 Å². The summed E-state index contributed by atoms with van der Waals surface area (Å²) in [7, 11) is 0. The number of nitrogens with zero attached hydrogens (tertiary/aromatic N) is 4. The van der Waals surface area contributed by atoms with Crippen LogP contribution in [0.3, 0.4) is 0 Å². The molecule has 1 N–H and O–H groups in total. The van der Waals surface area contributed by atoms with E-state index in [-0.39, 0.29) is 0 Å². The van der Waals surface area contributed by atoms with Crippen LogP contribution < -0.4 is 10.2 Å². The van der Waals surface area contributed by atoms with Crippen molar-refractivity contribution in [2.45, 2.75) is 45.7 Å². The Bertz CT molecular complexity index is 589. The lowest BCUT2D eigenvalue weighted by molar-refractivity contribution is 0.521. The molecule has 1 fully saturated rings. The van der Waals surface area contributed by atoms with Gasteiger partial charge >= 0.3 is 0 Å². The Morgan fingerprint density at radius 1 is 1.40 bits per heavy atom. The molecule has 1 aliphatic heterocycles. The predicted octanol–water partition coefficient (Wildman–Crippen LogP) is 2.00. The van der Waals surface area contributed by atoms with Gasteiger partial charge in [0.1, 0.15) is 12.1 Å². The minimum atomic E-state index is 0.529.